The third-order valence-electron chi connectivity index (χ3n) is 6.38. The Morgan fingerprint density at radius 2 is 1.93 bits per heavy atom. The van der Waals surface area contributed by atoms with E-state index in [0.29, 0.717) is 5.52 Å². The Hall–Kier alpha value is -4.59. The molecule has 0 spiro atoms. The fourth-order valence-electron chi connectivity index (χ4n) is 3.94. The van der Waals surface area contributed by atoms with Crippen LogP contribution in [0.4, 0.5) is 19.3 Å². The first-order valence-electron chi connectivity index (χ1n) is 13.0. The van der Waals surface area contributed by atoms with E-state index in [0.717, 1.165) is 21.0 Å². The Morgan fingerprint density at radius 3 is 2.57 bits per heavy atom. The summed E-state index contributed by atoms with van der Waals surface area (Å²) in [6, 6.07) is 5.94. The predicted molar refractivity (Wildman–Crippen MR) is 151 cm³/mol. The summed E-state index contributed by atoms with van der Waals surface area (Å²) in [5, 5.41) is 14.9. The number of aromatic amines is 1. The number of ether oxygens (including phenoxy) is 1. The summed E-state index contributed by atoms with van der Waals surface area (Å²) >= 11 is 0. The van der Waals surface area contributed by atoms with Crippen LogP contribution in [0.15, 0.2) is 53.5 Å². The zero-order valence-corrected chi connectivity index (χ0v) is 23.9. The molecule has 42 heavy (non-hydrogen) atoms. The van der Waals surface area contributed by atoms with E-state index < -0.39 is 40.7 Å². The number of benzene rings is 1. The zero-order chi connectivity index (χ0) is 31.2. The zero-order valence-electron chi connectivity index (χ0n) is 23.9. The van der Waals surface area contributed by atoms with Crippen LogP contribution in [0.3, 0.4) is 0 Å². The number of hydrogen-bond acceptors (Lipinski definition) is 7. The lowest BCUT2D eigenvalue weighted by atomic mass is 9.92. The van der Waals surface area contributed by atoms with Gasteiger partial charge in [-0.15, -0.1) is 0 Å². The van der Waals surface area contributed by atoms with Crippen molar-refractivity contribution in [3.63, 3.8) is 0 Å². The quantitative estimate of drug-likeness (QED) is 0.251. The molecule has 0 unspecified atom stereocenters. The van der Waals surface area contributed by atoms with Crippen molar-refractivity contribution in [3.05, 3.63) is 70.4 Å². The van der Waals surface area contributed by atoms with Crippen LogP contribution >= 0.6 is 0 Å². The summed E-state index contributed by atoms with van der Waals surface area (Å²) in [5.41, 5.74) is -3.26. The van der Waals surface area contributed by atoms with Crippen molar-refractivity contribution >= 4 is 34.6 Å². The van der Waals surface area contributed by atoms with Crippen LogP contribution in [0.25, 0.3) is 11.0 Å². The number of alkyl halides is 2. The number of aromatic nitrogens is 3. The van der Waals surface area contributed by atoms with Crippen LogP contribution in [0, 0.1) is 0 Å². The van der Waals surface area contributed by atoms with Gasteiger partial charge in [-0.25, -0.2) is 9.78 Å². The molecule has 14 heteroatoms. The number of likely N-dealkylation sites (N-methyl/N-ethyl adjacent to an activating group) is 1. The molecular weight excluding hydrogens is 554 g/mol. The van der Waals surface area contributed by atoms with Gasteiger partial charge < -0.3 is 34.9 Å². The topological polar surface area (TPSA) is 159 Å². The second kappa shape index (κ2) is 12.9. The molecule has 226 valence electrons. The molecule has 0 radical (unpaired) electrons. The number of carbonyl (C=O) groups is 3. The average Bonchev–Trinajstić information content (AvgIpc) is 3.34. The Bertz CT molecular complexity index is 1540. The fourth-order valence-corrected chi connectivity index (χ4v) is 3.94. The van der Waals surface area contributed by atoms with Crippen molar-refractivity contribution < 1.29 is 33.0 Å². The largest absolute Gasteiger partial charge is 0.453 e. The number of imidazole rings is 1. The number of nitrogens with one attached hydrogen (secondary N) is 3. The molecule has 0 saturated carbocycles. The smallest absolute Gasteiger partial charge is 0.407 e. The first kappa shape index (κ1) is 31.9. The molecule has 12 nitrogen and oxygen atoms in total. The molecule has 2 heterocycles. The number of nitrogens with zero attached hydrogens (tertiary/aromatic N) is 3. The summed E-state index contributed by atoms with van der Waals surface area (Å²) in [7, 11) is 4.33. The van der Waals surface area contributed by atoms with Crippen molar-refractivity contribution in [2.24, 2.45) is 0 Å². The van der Waals surface area contributed by atoms with E-state index >= 15 is 0 Å². The van der Waals surface area contributed by atoms with Crippen LogP contribution in [0.1, 0.15) is 38.1 Å². The minimum absolute atomic E-state index is 0.0461. The summed E-state index contributed by atoms with van der Waals surface area (Å²) in [4.78, 5) is 58.3. The van der Waals surface area contributed by atoms with E-state index in [2.05, 4.69) is 25.3 Å². The molecule has 0 aliphatic carbocycles. The van der Waals surface area contributed by atoms with E-state index in [-0.39, 0.29) is 42.3 Å². The van der Waals surface area contributed by atoms with Crippen LogP contribution in [0.5, 0.6) is 0 Å². The third-order valence-corrected chi connectivity index (χ3v) is 6.38. The number of amides is 3. The molecular formula is C28H34F2N6O6. The van der Waals surface area contributed by atoms with Crippen LogP contribution in [0.2, 0.25) is 0 Å². The Labute approximate surface area is 240 Å². The molecule has 1 atom stereocenters. The number of methoxy groups -OCH3 is 1. The Kier molecular flexibility index (Phi) is 9.83. The lowest BCUT2D eigenvalue weighted by Crippen LogP contribution is -2.44. The van der Waals surface area contributed by atoms with E-state index in [9.17, 15) is 33.1 Å². The van der Waals surface area contributed by atoms with Crippen molar-refractivity contribution in [3.8, 4) is 0 Å². The number of para-hydroxylation sites is 1. The molecule has 1 aromatic carbocycles. The monoisotopic (exact) mass is 588 g/mol. The third kappa shape index (κ3) is 7.37. The average molecular weight is 589 g/mol. The van der Waals surface area contributed by atoms with E-state index in [1.165, 1.54) is 46.0 Å². The summed E-state index contributed by atoms with van der Waals surface area (Å²) in [5.74, 6) is -4.34. The lowest BCUT2D eigenvalue weighted by Gasteiger charge is -2.29. The molecule has 2 aromatic heterocycles. The Morgan fingerprint density at radius 1 is 1.21 bits per heavy atom. The van der Waals surface area contributed by atoms with Crippen LogP contribution < -0.4 is 16.2 Å². The summed E-state index contributed by atoms with van der Waals surface area (Å²) in [6.45, 7) is 1.87. The molecule has 0 saturated heterocycles. The minimum atomic E-state index is -3.60. The summed E-state index contributed by atoms with van der Waals surface area (Å²) < 4.78 is 35.7. The van der Waals surface area contributed by atoms with E-state index in [1.54, 1.807) is 26.2 Å². The second-order valence-electron chi connectivity index (χ2n) is 10.3. The van der Waals surface area contributed by atoms with Gasteiger partial charge in [-0.05, 0) is 51.0 Å². The van der Waals surface area contributed by atoms with Gasteiger partial charge in [0.05, 0.1) is 30.3 Å². The van der Waals surface area contributed by atoms with Crippen molar-refractivity contribution in [1.82, 2.24) is 24.8 Å². The SMILES string of the molecule is COC(=O)N[C@@H](CC/C=C/C(=O)N(C)C)C(=O)Nc1cccn(Cc2nc3c(C(F)(F)C(C)(C)O)cccc3[nH]2)c1=O. The number of H-pyrrole nitrogens is 1. The number of carbonyl (C=O) groups excluding carboxylic acids is 3. The molecule has 3 aromatic rings. The van der Waals surface area contributed by atoms with Gasteiger partial charge in [-0.1, -0.05) is 18.2 Å². The number of anilines is 1. The second-order valence-corrected chi connectivity index (χ2v) is 10.3. The number of pyridine rings is 1. The number of allylic oxidation sites excluding steroid dienone is 1. The molecule has 0 aliphatic heterocycles. The summed E-state index contributed by atoms with van der Waals surface area (Å²) in [6.07, 6.45) is 3.86. The fraction of sp³-hybridized carbons (Fsp3) is 0.393. The van der Waals surface area contributed by atoms with Crippen molar-refractivity contribution in [2.75, 3.05) is 26.5 Å². The van der Waals surface area contributed by atoms with Crippen LogP contribution in [-0.4, -0.2) is 75.3 Å². The van der Waals surface area contributed by atoms with Gasteiger partial charge in [0.25, 0.3) is 5.56 Å². The van der Waals surface area contributed by atoms with Gasteiger partial charge in [-0.2, -0.15) is 8.78 Å². The minimum Gasteiger partial charge on any atom is -0.453 e. The highest BCUT2D eigenvalue weighted by Crippen LogP contribution is 2.41. The maximum absolute atomic E-state index is 14.9. The molecule has 0 bridgehead atoms. The van der Waals surface area contributed by atoms with Gasteiger partial charge in [0.1, 0.15) is 23.2 Å². The van der Waals surface area contributed by atoms with Gasteiger partial charge in [0.15, 0.2) is 0 Å². The maximum atomic E-state index is 14.9. The predicted octanol–water partition coefficient (Wildman–Crippen LogP) is 2.72. The number of aliphatic hydroxyl groups is 1. The lowest BCUT2D eigenvalue weighted by molar-refractivity contribution is -0.167. The highest BCUT2D eigenvalue weighted by molar-refractivity contribution is 5.96. The number of hydrogen-bond donors (Lipinski definition) is 4. The number of fused-ring (bicyclic) bond motifs is 1. The molecule has 0 aliphatic rings. The van der Waals surface area contributed by atoms with Crippen molar-refractivity contribution in [2.45, 2.75) is 50.8 Å². The Balaban J connectivity index is 1.81. The molecule has 3 amide bonds. The van der Waals surface area contributed by atoms with Gasteiger partial charge in [0.2, 0.25) is 11.8 Å². The van der Waals surface area contributed by atoms with E-state index in [1.807, 2.05) is 0 Å². The number of alkyl carbamates (subject to hydrolysis) is 1. The molecule has 0 fully saturated rings. The highest BCUT2D eigenvalue weighted by atomic mass is 19.3. The maximum Gasteiger partial charge on any atom is 0.407 e. The van der Waals surface area contributed by atoms with Gasteiger partial charge in [0, 0.05) is 20.3 Å². The number of halogens is 2. The standard InChI is InChI=1S/C28H34F2N6O6/c1-27(2,41)28(29,30)17-10-8-12-18-23(17)34-21(31-18)16-36-15-9-13-20(25(36)39)32-24(38)19(33-26(40)42-5)11-6-7-14-22(37)35(3)4/h7-10,12-15,19,41H,6,11,16H2,1-5H3,(H,31,34)(H,32,38)(H,33,40)/b14-7+/t19-/m0/s1. The molecule has 3 rings (SSSR count). The van der Waals surface area contributed by atoms with Gasteiger partial charge >= 0.3 is 12.0 Å². The van der Waals surface area contributed by atoms with Crippen molar-refractivity contribution in [1.29, 1.82) is 0 Å². The normalized spacial score (nSPS) is 12.8. The molecule has 4 N–H and O–H groups in total. The highest BCUT2D eigenvalue weighted by Gasteiger charge is 2.48. The first-order valence-corrected chi connectivity index (χ1v) is 13.0. The first-order chi connectivity index (χ1) is 19.7. The number of rotatable bonds is 11. The van der Waals surface area contributed by atoms with Gasteiger partial charge in [-0.3, -0.25) is 14.4 Å². The van der Waals surface area contributed by atoms with E-state index in [4.69, 9.17) is 0 Å². The van der Waals surface area contributed by atoms with Crippen LogP contribution in [-0.2, 0) is 26.8 Å².